The maximum absolute atomic E-state index is 11.8. The molecular weight excluding hydrogens is 220 g/mol. The summed E-state index contributed by atoms with van der Waals surface area (Å²) in [6.45, 7) is 4.22. The predicted octanol–water partition coefficient (Wildman–Crippen LogP) is 3.03. The van der Waals surface area contributed by atoms with Crippen LogP contribution < -0.4 is 11.1 Å². The minimum Gasteiger partial charge on any atom is -0.397 e. The smallest absolute Gasteiger partial charge is 0.263 e. The number of unbranched alkanes of at least 4 members (excludes halogenated alkanes) is 2. The van der Waals surface area contributed by atoms with E-state index in [-0.39, 0.29) is 11.9 Å². The fourth-order valence-corrected chi connectivity index (χ4v) is 2.29. The van der Waals surface area contributed by atoms with Crippen LogP contribution in [0.25, 0.3) is 0 Å². The van der Waals surface area contributed by atoms with Crippen molar-refractivity contribution in [1.82, 2.24) is 5.32 Å². The largest absolute Gasteiger partial charge is 0.397 e. The van der Waals surface area contributed by atoms with Gasteiger partial charge in [-0.1, -0.05) is 26.2 Å². The molecule has 90 valence electrons. The van der Waals surface area contributed by atoms with E-state index in [9.17, 15) is 4.79 Å². The number of hydrogen-bond acceptors (Lipinski definition) is 3. The van der Waals surface area contributed by atoms with Gasteiger partial charge in [0, 0.05) is 6.04 Å². The highest BCUT2D eigenvalue weighted by Crippen LogP contribution is 2.18. The van der Waals surface area contributed by atoms with Crippen molar-refractivity contribution in [2.75, 3.05) is 5.73 Å². The summed E-state index contributed by atoms with van der Waals surface area (Å²) in [5, 5.41) is 4.81. The van der Waals surface area contributed by atoms with Crippen LogP contribution in [-0.4, -0.2) is 11.9 Å². The molecule has 16 heavy (non-hydrogen) atoms. The SMILES string of the molecule is CCCCCC(C)NC(=O)c1sccc1N. The van der Waals surface area contributed by atoms with Gasteiger partial charge in [-0.3, -0.25) is 4.79 Å². The van der Waals surface area contributed by atoms with Gasteiger partial charge < -0.3 is 11.1 Å². The predicted molar refractivity (Wildman–Crippen MR) is 69.8 cm³/mol. The highest BCUT2D eigenvalue weighted by molar-refractivity contribution is 7.12. The second-order valence-corrected chi connectivity index (χ2v) is 4.99. The average molecular weight is 240 g/mol. The summed E-state index contributed by atoms with van der Waals surface area (Å²) in [5.74, 6) is -0.0449. The van der Waals surface area contributed by atoms with Gasteiger partial charge in [0.1, 0.15) is 4.88 Å². The van der Waals surface area contributed by atoms with E-state index in [0.29, 0.717) is 10.6 Å². The number of nitrogens with two attached hydrogens (primary N) is 1. The Morgan fingerprint density at radius 1 is 1.56 bits per heavy atom. The van der Waals surface area contributed by atoms with E-state index in [2.05, 4.69) is 12.2 Å². The zero-order valence-corrected chi connectivity index (χ0v) is 10.8. The van der Waals surface area contributed by atoms with E-state index in [0.717, 1.165) is 12.8 Å². The highest BCUT2D eigenvalue weighted by Gasteiger charge is 2.13. The quantitative estimate of drug-likeness (QED) is 0.751. The van der Waals surface area contributed by atoms with Gasteiger partial charge in [0.05, 0.1) is 5.69 Å². The van der Waals surface area contributed by atoms with Gasteiger partial charge in [-0.15, -0.1) is 11.3 Å². The second kappa shape index (κ2) is 6.53. The number of thiophene rings is 1. The molecule has 0 fully saturated rings. The Labute approximate surface area is 101 Å². The lowest BCUT2D eigenvalue weighted by Gasteiger charge is -2.13. The topological polar surface area (TPSA) is 55.1 Å². The van der Waals surface area contributed by atoms with E-state index < -0.39 is 0 Å². The first kappa shape index (κ1) is 13.0. The molecular formula is C12H20N2OS. The lowest BCUT2D eigenvalue weighted by atomic mass is 10.1. The molecule has 1 aromatic heterocycles. The Hall–Kier alpha value is -1.03. The maximum atomic E-state index is 11.8. The molecule has 4 heteroatoms. The van der Waals surface area contributed by atoms with E-state index in [1.807, 2.05) is 12.3 Å². The third-order valence-electron chi connectivity index (χ3n) is 2.52. The van der Waals surface area contributed by atoms with Crippen molar-refractivity contribution in [2.45, 2.75) is 45.6 Å². The van der Waals surface area contributed by atoms with Crippen molar-refractivity contribution < 1.29 is 4.79 Å². The summed E-state index contributed by atoms with van der Waals surface area (Å²) in [7, 11) is 0. The Morgan fingerprint density at radius 3 is 2.88 bits per heavy atom. The number of anilines is 1. The molecule has 3 N–H and O–H groups in total. The van der Waals surface area contributed by atoms with Gasteiger partial charge in [-0.2, -0.15) is 0 Å². The third-order valence-corrected chi connectivity index (χ3v) is 3.45. The van der Waals surface area contributed by atoms with Crippen LogP contribution in [0.15, 0.2) is 11.4 Å². The van der Waals surface area contributed by atoms with Crippen molar-refractivity contribution in [3.63, 3.8) is 0 Å². The summed E-state index contributed by atoms with van der Waals surface area (Å²) < 4.78 is 0. The fourth-order valence-electron chi connectivity index (χ4n) is 1.57. The van der Waals surface area contributed by atoms with Crippen molar-refractivity contribution in [3.8, 4) is 0 Å². The first-order valence-electron chi connectivity index (χ1n) is 5.79. The Kier molecular flexibility index (Phi) is 5.32. The van der Waals surface area contributed by atoms with Gasteiger partial charge in [0.15, 0.2) is 0 Å². The van der Waals surface area contributed by atoms with Crippen LogP contribution in [0.2, 0.25) is 0 Å². The normalized spacial score (nSPS) is 12.4. The molecule has 0 aliphatic heterocycles. The summed E-state index contributed by atoms with van der Waals surface area (Å²) in [6, 6.07) is 1.99. The Morgan fingerprint density at radius 2 is 2.31 bits per heavy atom. The van der Waals surface area contributed by atoms with Crippen LogP contribution >= 0.6 is 11.3 Å². The number of rotatable bonds is 6. The molecule has 1 aromatic rings. The first-order chi connectivity index (χ1) is 7.65. The van der Waals surface area contributed by atoms with Crippen LogP contribution in [0.1, 0.15) is 49.2 Å². The van der Waals surface area contributed by atoms with Gasteiger partial charge in [0.2, 0.25) is 0 Å². The molecule has 0 saturated carbocycles. The molecule has 0 bridgehead atoms. The summed E-state index contributed by atoms with van der Waals surface area (Å²) in [5.41, 5.74) is 6.26. The van der Waals surface area contributed by atoms with Crippen molar-refractivity contribution in [2.24, 2.45) is 0 Å². The van der Waals surface area contributed by atoms with Crippen LogP contribution in [0, 0.1) is 0 Å². The number of amides is 1. The lowest BCUT2D eigenvalue weighted by molar-refractivity contribution is 0.0943. The third kappa shape index (κ3) is 3.85. The zero-order valence-electron chi connectivity index (χ0n) is 9.95. The summed E-state index contributed by atoms with van der Waals surface area (Å²) >= 11 is 1.39. The van der Waals surface area contributed by atoms with Crippen LogP contribution in [-0.2, 0) is 0 Å². The summed E-state index contributed by atoms with van der Waals surface area (Å²) in [6.07, 6.45) is 4.63. The minimum atomic E-state index is -0.0449. The average Bonchev–Trinajstić information content (AvgIpc) is 2.65. The summed E-state index contributed by atoms with van der Waals surface area (Å²) in [4.78, 5) is 12.4. The van der Waals surface area contributed by atoms with Gasteiger partial charge >= 0.3 is 0 Å². The number of carbonyl (C=O) groups excluding carboxylic acids is 1. The molecule has 0 radical (unpaired) electrons. The van der Waals surface area contributed by atoms with Crippen LogP contribution in [0.4, 0.5) is 5.69 Å². The number of carbonyl (C=O) groups is 1. The maximum Gasteiger partial charge on any atom is 0.263 e. The molecule has 0 aromatic carbocycles. The zero-order chi connectivity index (χ0) is 12.0. The number of nitrogens with one attached hydrogen (secondary N) is 1. The second-order valence-electron chi connectivity index (χ2n) is 4.08. The van der Waals surface area contributed by atoms with Gasteiger partial charge in [-0.05, 0) is 24.8 Å². The minimum absolute atomic E-state index is 0.0449. The molecule has 0 spiro atoms. The number of hydrogen-bond donors (Lipinski definition) is 2. The molecule has 1 rings (SSSR count). The molecule has 1 atom stereocenters. The van der Waals surface area contributed by atoms with Gasteiger partial charge in [0.25, 0.3) is 5.91 Å². The molecule has 0 aliphatic carbocycles. The Bertz CT molecular complexity index is 336. The van der Waals surface area contributed by atoms with E-state index >= 15 is 0 Å². The fraction of sp³-hybridized carbons (Fsp3) is 0.583. The van der Waals surface area contributed by atoms with Crippen molar-refractivity contribution in [3.05, 3.63) is 16.3 Å². The monoisotopic (exact) mass is 240 g/mol. The van der Waals surface area contributed by atoms with Gasteiger partial charge in [-0.25, -0.2) is 0 Å². The van der Waals surface area contributed by atoms with Crippen molar-refractivity contribution in [1.29, 1.82) is 0 Å². The molecule has 0 aliphatic rings. The number of nitrogen functional groups attached to an aromatic ring is 1. The van der Waals surface area contributed by atoms with E-state index in [1.165, 1.54) is 24.2 Å². The van der Waals surface area contributed by atoms with E-state index in [4.69, 9.17) is 5.73 Å². The molecule has 0 saturated heterocycles. The molecule has 1 unspecified atom stereocenters. The van der Waals surface area contributed by atoms with Crippen LogP contribution in [0.5, 0.6) is 0 Å². The molecule has 1 amide bonds. The van der Waals surface area contributed by atoms with Crippen molar-refractivity contribution >= 4 is 22.9 Å². The molecule has 3 nitrogen and oxygen atoms in total. The Balaban J connectivity index is 2.37. The lowest BCUT2D eigenvalue weighted by Crippen LogP contribution is -2.32. The van der Waals surface area contributed by atoms with E-state index in [1.54, 1.807) is 6.07 Å². The molecule has 1 heterocycles. The first-order valence-corrected chi connectivity index (χ1v) is 6.67. The highest BCUT2D eigenvalue weighted by atomic mass is 32.1. The standard InChI is InChI=1S/C12H20N2OS/c1-3-4-5-6-9(2)14-12(15)11-10(13)7-8-16-11/h7-9H,3-6,13H2,1-2H3,(H,14,15). The van der Waals surface area contributed by atoms with Crippen LogP contribution in [0.3, 0.4) is 0 Å².